The average Bonchev–Trinajstić information content (AvgIpc) is 3.01. The Morgan fingerprint density at radius 2 is 1.81 bits per heavy atom. The first-order chi connectivity index (χ1) is 12.8. The summed E-state index contributed by atoms with van der Waals surface area (Å²) in [5.41, 5.74) is 5.32. The molecule has 0 radical (unpaired) electrons. The maximum atomic E-state index is 12.7. The molecule has 0 amide bonds. The fourth-order valence-electron chi connectivity index (χ4n) is 2.83. The number of nitrogens with zero attached hydrogens (tertiary/aromatic N) is 5. The van der Waals surface area contributed by atoms with Gasteiger partial charge < -0.3 is 0 Å². The van der Waals surface area contributed by atoms with Gasteiger partial charge in [-0.2, -0.15) is 10.1 Å². The van der Waals surface area contributed by atoms with Crippen LogP contribution < -0.4 is 16.7 Å². The van der Waals surface area contributed by atoms with E-state index in [0.29, 0.717) is 23.7 Å². The Bertz CT molecular complexity index is 1160. The summed E-state index contributed by atoms with van der Waals surface area (Å²) in [5, 5.41) is 4.39. The molecule has 0 saturated carbocycles. The lowest BCUT2D eigenvalue weighted by Gasteiger charge is -2.09. The summed E-state index contributed by atoms with van der Waals surface area (Å²) < 4.78 is 4.12. The SMILES string of the molecule is C=C(C)Cn1c(N/N=C(\C)c2ccccc2)nc2c1c(=O)n(C)c(=O)n2C. The van der Waals surface area contributed by atoms with Crippen molar-refractivity contribution in [2.75, 3.05) is 5.43 Å². The van der Waals surface area contributed by atoms with Crippen LogP contribution in [0.2, 0.25) is 0 Å². The molecule has 0 aliphatic carbocycles. The minimum absolute atomic E-state index is 0.305. The molecule has 1 N–H and O–H groups in total. The van der Waals surface area contributed by atoms with Gasteiger partial charge in [-0.3, -0.25) is 18.5 Å². The highest BCUT2D eigenvalue weighted by atomic mass is 16.2. The van der Waals surface area contributed by atoms with Crippen LogP contribution in [-0.2, 0) is 20.6 Å². The lowest BCUT2D eigenvalue weighted by atomic mass is 10.1. The lowest BCUT2D eigenvalue weighted by Crippen LogP contribution is -2.37. The summed E-state index contributed by atoms with van der Waals surface area (Å²) in [4.78, 5) is 29.3. The van der Waals surface area contributed by atoms with Crippen LogP contribution >= 0.6 is 0 Å². The fourth-order valence-corrected chi connectivity index (χ4v) is 2.83. The Morgan fingerprint density at radius 3 is 2.44 bits per heavy atom. The molecule has 8 nitrogen and oxygen atoms in total. The van der Waals surface area contributed by atoms with E-state index in [0.717, 1.165) is 21.4 Å². The Hall–Kier alpha value is -3.42. The van der Waals surface area contributed by atoms with E-state index in [-0.39, 0.29) is 0 Å². The van der Waals surface area contributed by atoms with Crippen molar-refractivity contribution in [1.29, 1.82) is 0 Å². The topological polar surface area (TPSA) is 86.2 Å². The van der Waals surface area contributed by atoms with Crippen molar-refractivity contribution in [3.8, 4) is 0 Å². The van der Waals surface area contributed by atoms with E-state index in [2.05, 4.69) is 22.1 Å². The molecule has 8 heteroatoms. The minimum atomic E-state index is -0.428. The van der Waals surface area contributed by atoms with Crippen LogP contribution in [0.3, 0.4) is 0 Å². The zero-order valence-electron chi connectivity index (χ0n) is 15.9. The number of benzene rings is 1. The average molecular weight is 366 g/mol. The van der Waals surface area contributed by atoms with E-state index < -0.39 is 11.2 Å². The highest BCUT2D eigenvalue weighted by molar-refractivity contribution is 5.99. The molecule has 0 unspecified atom stereocenters. The summed E-state index contributed by atoms with van der Waals surface area (Å²) in [7, 11) is 3.04. The molecule has 3 aromatic rings. The second kappa shape index (κ2) is 7.06. The number of imidazole rings is 1. The quantitative estimate of drug-likeness (QED) is 0.424. The van der Waals surface area contributed by atoms with E-state index in [1.807, 2.05) is 44.2 Å². The molecular formula is C19H22N6O2. The third-order valence-corrected chi connectivity index (χ3v) is 4.29. The number of hydrogen-bond acceptors (Lipinski definition) is 5. The molecule has 0 aliphatic rings. The maximum absolute atomic E-state index is 12.7. The van der Waals surface area contributed by atoms with Crippen LogP contribution in [-0.4, -0.2) is 24.4 Å². The molecule has 3 rings (SSSR count). The van der Waals surface area contributed by atoms with Crippen LogP contribution in [0.25, 0.3) is 11.2 Å². The van der Waals surface area contributed by atoms with E-state index in [9.17, 15) is 9.59 Å². The van der Waals surface area contributed by atoms with Gasteiger partial charge in [0.1, 0.15) is 0 Å². The van der Waals surface area contributed by atoms with Crippen LogP contribution in [0.5, 0.6) is 0 Å². The number of hydrazone groups is 1. The first-order valence-electron chi connectivity index (χ1n) is 8.47. The molecule has 2 heterocycles. The molecule has 27 heavy (non-hydrogen) atoms. The van der Waals surface area contributed by atoms with Crippen LogP contribution in [0, 0.1) is 0 Å². The van der Waals surface area contributed by atoms with Crippen LogP contribution in [0.4, 0.5) is 5.95 Å². The highest BCUT2D eigenvalue weighted by Crippen LogP contribution is 2.17. The summed E-state index contributed by atoms with van der Waals surface area (Å²) in [6, 6.07) is 9.72. The van der Waals surface area contributed by atoms with Crippen LogP contribution in [0.1, 0.15) is 19.4 Å². The van der Waals surface area contributed by atoms with Crippen molar-refractivity contribution in [1.82, 2.24) is 18.7 Å². The maximum Gasteiger partial charge on any atom is 0.332 e. The van der Waals surface area contributed by atoms with Gasteiger partial charge in [0.25, 0.3) is 5.56 Å². The van der Waals surface area contributed by atoms with Gasteiger partial charge in [-0.1, -0.05) is 42.5 Å². The van der Waals surface area contributed by atoms with Gasteiger partial charge in [0.15, 0.2) is 11.2 Å². The van der Waals surface area contributed by atoms with Gasteiger partial charge in [-0.05, 0) is 19.4 Å². The Morgan fingerprint density at radius 1 is 1.15 bits per heavy atom. The number of hydrogen-bond donors (Lipinski definition) is 1. The molecular weight excluding hydrogens is 344 g/mol. The van der Waals surface area contributed by atoms with E-state index in [1.54, 1.807) is 11.6 Å². The molecule has 0 saturated heterocycles. The highest BCUT2D eigenvalue weighted by Gasteiger charge is 2.19. The van der Waals surface area contributed by atoms with Crippen molar-refractivity contribution >= 4 is 22.8 Å². The summed E-state index contributed by atoms with van der Waals surface area (Å²) >= 11 is 0. The molecule has 0 bridgehead atoms. The van der Waals surface area contributed by atoms with Crippen LogP contribution in [0.15, 0.2) is 57.2 Å². The van der Waals surface area contributed by atoms with Gasteiger partial charge >= 0.3 is 5.69 Å². The van der Waals surface area contributed by atoms with Crippen molar-refractivity contribution in [3.05, 3.63) is 68.9 Å². The largest absolute Gasteiger partial charge is 0.332 e. The zero-order valence-corrected chi connectivity index (χ0v) is 15.9. The van der Waals surface area contributed by atoms with Gasteiger partial charge in [-0.25, -0.2) is 10.2 Å². The molecule has 0 aliphatic heterocycles. The monoisotopic (exact) mass is 366 g/mol. The van der Waals surface area contributed by atoms with Crippen molar-refractivity contribution in [2.45, 2.75) is 20.4 Å². The number of nitrogens with one attached hydrogen (secondary N) is 1. The zero-order chi connectivity index (χ0) is 19.7. The molecule has 0 spiro atoms. The molecule has 1 aromatic carbocycles. The Labute approximate surface area is 156 Å². The number of aromatic nitrogens is 4. The van der Waals surface area contributed by atoms with Crippen molar-refractivity contribution in [3.63, 3.8) is 0 Å². The number of fused-ring (bicyclic) bond motifs is 1. The summed E-state index contributed by atoms with van der Waals surface area (Å²) in [6.45, 7) is 8.04. The first kappa shape index (κ1) is 18.4. The second-order valence-electron chi connectivity index (χ2n) is 6.53. The summed E-state index contributed by atoms with van der Waals surface area (Å²) in [6.07, 6.45) is 0. The molecule has 140 valence electrons. The van der Waals surface area contributed by atoms with E-state index in [1.165, 1.54) is 11.6 Å². The standard InChI is InChI=1S/C19H22N6O2/c1-12(2)11-25-15-16(23(4)19(27)24(5)17(15)26)20-18(25)22-21-13(3)14-9-7-6-8-10-14/h6-10H,1,11H2,2-5H3,(H,20,22)/b21-13+. The third-order valence-electron chi connectivity index (χ3n) is 4.29. The number of allylic oxidation sites excluding steroid dienone is 1. The lowest BCUT2D eigenvalue weighted by molar-refractivity contribution is 0.702. The van der Waals surface area contributed by atoms with Gasteiger partial charge in [-0.15, -0.1) is 0 Å². The second-order valence-corrected chi connectivity index (χ2v) is 6.53. The van der Waals surface area contributed by atoms with Crippen molar-refractivity contribution < 1.29 is 0 Å². The molecule has 2 aromatic heterocycles. The normalized spacial score (nSPS) is 11.8. The first-order valence-corrected chi connectivity index (χ1v) is 8.47. The Kier molecular flexibility index (Phi) is 4.81. The van der Waals surface area contributed by atoms with E-state index in [4.69, 9.17) is 0 Å². The fraction of sp³-hybridized carbons (Fsp3) is 0.263. The third kappa shape index (κ3) is 3.33. The number of rotatable bonds is 5. The smallest absolute Gasteiger partial charge is 0.299 e. The van der Waals surface area contributed by atoms with Crippen molar-refractivity contribution in [2.24, 2.45) is 19.2 Å². The number of anilines is 1. The molecule has 0 atom stereocenters. The summed E-state index contributed by atoms with van der Waals surface area (Å²) in [5.74, 6) is 0.376. The predicted octanol–water partition coefficient (Wildman–Crippen LogP) is 1.85. The van der Waals surface area contributed by atoms with Gasteiger partial charge in [0.2, 0.25) is 5.95 Å². The predicted molar refractivity (Wildman–Crippen MR) is 107 cm³/mol. The minimum Gasteiger partial charge on any atom is -0.299 e. The van der Waals surface area contributed by atoms with E-state index >= 15 is 0 Å². The van der Waals surface area contributed by atoms with Gasteiger partial charge in [0.05, 0.1) is 5.71 Å². The Balaban J connectivity index is 2.16. The van der Waals surface area contributed by atoms with Gasteiger partial charge in [0, 0.05) is 20.6 Å². The number of aryl methyl sites for hydroxylation is 1. The molecule has 0 fully saturated rings.